The van der Waals surface area contributed by atoms with Crippen LogP contribution >= 0.6 is 0 Å². The number of benzene rings is 1. The molecule has 1 aromatic carbocycles. The molecule has 102 valence electrons. The smallest absolute Gasteiger partial charge is 0.264 e. The van der Waals surface area contributed by atoms with E-state index in [9.17, 15) is 8.42 Å². The molecule has 0 N–H and O–H groups in total. The zero-order valence-electron chi connectivity index (χ0n) is 11.2. The fraction of sp³-hybridized carbons (Fsp3) is 0.214. The predicted molar refractivity (Wildman–Crippen MR) is 76.8 cm³/mol. The monoisotopic (exact) mass is 287 g/mol. The molecule has 0 aliphatic carbocycles. The Kier molecular flexibility index (Phi) is 2.63. The molecule has 0 atom stereocenters. The van der Waals surface area contributed by atoms with Crippen LogP contribution in [0.15, 0.2) is 29.2 Å². The van der Waals surface area contributed by atoms with E-state index >= 15 is 0 Å². The summed E-state index contributed by atoms with van der Waals surface area (Å²) in [6.07, 6.45) is 5.33. The Bertz CT molecular complexity index is 844. The summed E-state index contributed by atoms with van der Waals surface area (Å²) >= 11 is 0. The first-order valence-electron chi connectivity index (χ1n) is 6.07. The van der Waals surface area contributed by atoms with Crippen LogP contribution in [0.25, 0.3) is 11.3 Å². The van der Waals surface area contributed by atoms with Crippen molar-refractivity contribution in [2.75, 3.05) is 11.4 Å². The summed E-state index contributed by atoms with van der Waals surface area (Å²) in [5.74, 6) is 2.53. The fourth-order valence-electron chi connectivity index (χ4n) is 2.49. The summed E-state index contributed by atoms with van der Waals surface area (Å²) in [5.41, 5.74) is 2.63. The van der Waals surface area contributed by atoms with E-state index in [-0.39, 0.29) is 4.90 Å². The lowest BCUT2D eigenvalue weighted by Gasteiger charge is -2.26. The van der Waals surface area contributed by atoms with Gasteiger partial charge in [0.25, 0.3) is 10.0 Å². The third-order valence-corrected chi connectivity index (χ3v) is 5.33. The largest absolute Gasteiger partial charge is 0.265 e. The molecule has 1 aliphatic rings. The number of sulfonamides is 1. The molecule has 0 fully saturated rings. The van der Waals surface area contributed by atoms with Crippen molar-refractivity contribution in [1.82, 2.24) is 9.78 Å². The molecule has 5 nitrogen and oxygen atoms in total. The molecule has 0 amide bonds. The first kappa shape index (κ1) is 12.8. The van der Waals surface area contributed by atoms with Gasteiger partial charge in [0, 0.05) is 12.6 Å². The molecule has 3 rings (SSSR count). The average Bonchev–Trinajstić information content (AvgIpc) is 2.75. The SMILES string of the molecule is C#CCn1nc2c(c1C)N(C)S(=O)(=O)c1ccccc1-2. The molecule has 1 aromatic heterocycles. The molecule has 0 bridgehead atoms. The maximum atomic E-state index is 12.5. The van der Waals surface area contributed by atoms with Gasteiger partial charge >= 0.3 is 0 Å². The minimum absolute atomic E-state index is 0.278. The van der Waals surface area contributed by atoms with Gasteiger partial charge in [-0.05, 0) is 13.0 Å². The molecule has 2 heterocycles. The third kappa shape index (κ3) is 1.50. The van der Waals surface area contributed by atoms with Gasteiger partial charge in [0.05, 0.1) is 10.6 Å². The van der Waals surface area contributed by atoms with Gasteiger partial charge in [-0.3, -0.25) is 8.99 Å². The minimum Gasteiger partial charge on any atom is -0.265 e. The van der Waals surface area contributed by atoms with Crippen LogP contribution in [-0.2, 0) is 16.6 Å². The number of aromatic nitrogens is 2. The van der Waals surface area contributed by atoms with Gasteiger partial charge in [0.15, 0.2) is 0 Å². The minimum atomic E-state index is -3.53. The number of rotatable bonds is 1. The second-order valence-electron chi connectivity index (χ2n) is 4.61. The highest BCUT2D eigenvalue weighted by Gasteiger charge is 2.36. The first-order valence-corrected chi connectivity index (χ1v) is 7.51. The number of terminal acetylenes is 1. The molecule has 6 heteroatoms. The summed E-state index contributed by atoms with van der Waals surface area (Å²) in [5, 5.41) is 4.47. The Hall–Kier alpha value is -2.26. The van der Waals surface area contributed by atoms with E-state index < -0.39 is 10.0 Å². The summed E-state index contributed by atoms with van der Waals surface area (Å²) < 4.78 is 28.0. The normalized spacial score (nSPS) is 15.3. The summed E-state index contributed by atoms with van der Waals surface area (Å²) in [6.45, 7) is 2.14. The molecular weight excluding hydrogens is 274 g/mol. The van der Waals surface area contributed by atoms with Crippen LogP contribution in [0, 0.1) is 19.3 Å². The Labute approximate surface area is 117 Å². The molecule has 0 radical (unpaired) electrons. The highest BCUT2D eigenvalue weighted by atomic mass is 32.2. The summed E-state index contributed by atoms with van der Waals surface area (Å²) in [7, 11) is -1.99. The molecule has 1 aliphatic heterocycles. The molecular formula is C14H13N3O2S. The quantitative estimate of drug-likeness (QED) is 0.749. The van der Waals surface area contributed by atoms with E-state index in [1.54, 1.807) is 36.0 Å². The topological polar surface area (TPSA) is 55.2 Å². The maximum Gasteiger partial charge on any atom is 0.264 e. The van der Waals surface area contributed by atoms with Crippen molar-refractivity contribution in [3.8, 4) is 23.6 Å². The average molecular weight is 287 g/mol. The van der Waals surface area contributed by atoms with Crippen molar-refractivity contribution in [3.63, 3.8) is 0 Å². The van der Waals surface area contributed by atoms with E-state index in [1.807, 2.05) is 6.92 Å². The fourth-order valence-corrected chi connectivity index (χ4v) is 3.94. The van der Waals surface area contributed by atoms with Crippen molar-refractivity contribution in [2.24, 2.45) is 0 Å². The molecule has 20 heavy (non-hydrogen) atoms. The number of anilines is 1. The predicted octanol–water partition coefficient (Wildman–Crippen LogP) is 1.63. The van der Waals surface area contributed by atoms with E-state index in [4.69, 9.17) is 6.42 Å². The second-order valence-corrected chi connectivity index (χ2v) is 6.55. The highest BCUT2D eigenvalue weighted by molar-refractivity contribution is 7.93. The van der Waals surface area contributed by atoms with Crippen LogP contribution in [0.4, 0.5) is 5.69 Å². The van der Waals surface area contributed by atoms with Crippen LogP contribution in [0.2, 0.25) is 0 Å². The summed E-state index contributed by atoms with van der Waals surface area (Å²) in [4.78, 5) is 0.278. The molecule has 0 saturated heterocycles. The zero-order valence-corrected chi connectivity index (χ0v) is 12.0. The lowest BCUT2D eigenvalue weighted by atomic mass is 10.1. The number of hydrogen-bond donors (Lipinski definition) is 0. The van der Waals surface area contributed by atoms with Crippen molar-refractivity contribution < 1.29 is 8.42 Å². The van der Waals surface area contributed by atoms with Gasteiger partial charge in [-0.15, -0.1) is 6.42 Å². The van der Waals surface area contributed by atoms with Crippen molar-refractivity contribution in [2.45, 2.75) is 18.4 Å². The molecule has 0 spiro atoms. The van der Waals surface area contributed by atoms with Gasteiger partial charge in [-0.25, -0.2) is 8.42 Å². The first-order chi connectivity index (χ1) is 9.48. The number of hydrogen-bond acceptors (Lipinski definition) is 3. The Balaban J connectivity index is 2.39. The number of fused-ring (bicyclic) bond motifs is 3. The van der Waals surface area contributed by atoms with Crippen molar-refractivity contribution in [3.05, 3.63) is 30.0 Å². The van der Waals surface area contributed by atoms with Crippen LogP contribution < -0.4 is 4.31 Å². The molecule has 0 unspecified atom stereocenters. The maximum absolute atomic E-state index is 12.5. The highest BCUT2D eigenvalue weighted by Crippen LogP contribution is 2.43. The van der Waals surface area contributed by atoms with Gasteiger partial charge in [0.1, 0.15) is 17.9 Å². The second kappa shape index (κ2) is 4.12. The lowest BCUT2D eigenvalue weighted by Crippen LogP contribution is -2.30. The zero-order chi connectivity index (χ0) is 14.5. The van der Waals surface area contributed by atoms with Crippen LogP contribution in [0.5, 0.6) is 0 Å². The Morgan fingerprint density at radius 1 is 1.35 bits per heavy atom. The molecule has 0 saturated carbocycles. The summed E-state index contributed by atoms with van der Waals surface area (Å²) in [6, 6.07) is 6.88. The van der Waals surface area contributed by atoms with Crippen LogP contribution in [-0.4, -0.2) is 25.2 Å². The Morgan fingerprint density at radius 3 is 2.75 bits per heavy atom. The lowest BCUT2D eigenvalue weighted by molar-refractivity contribution is 0.594. The standard InChI is InChI=1S/C14H13N3O2S/c1-4-9-17-10(2)14-13(15-17)11-7-5-6-8-12(11)20(18,19)16(14)3/h1,5-8H,9H2,2-3H3. The Morgan fingerprint density at radius 2 is 2.05 bits per heavy atom. The van der Waals surface area contributed by atoms with Gasteiger partial charge in [-0.1, -0.05) is 24.1 Å². The van der Waals surface area contributed by atoms with Crippen LogP contribution in [0.3, 0.4) is 0 Å². The van der Waals surface area contributed by atoms with Crippen molar-refractivity contribution >= 4 is 15.7 Å². The van der Waals surface area contributed by atoms with Crippen molar-refractivity contribution in [1.29, 1.82) is 0 Å². The van der Waals surface area contributed by atoms with Crippen LogP contribution in [0.1, 0.15) is 5.69 Å². The van der Waals surface area contributed by atoms with E-state index in [0.29, 0.717) is 23.5 Å². The van der Waals surface area contributed by atoms with E-state index in [2.05, 4.69) is 11.0 Å². The van der Waals surface area contributed by atoms with Gasteiger partial charge < -0.3 is 0 Å². The van der Waals surface area contributed by atoms with E-state index in [0.717, 1.165) is 5.69 Å². The van der Waals surface area contributed by atoms with Gasteiger partial charge in [-0.2, -0.15) is 5.10 Å². The number of nitrogens with zero attached hydrogens (tertiary/aromatic N) is 3. The van der Waals surface area contributed by atoms with Gasteiger partial charge in [0.2, 0.25) is 0 Å². The molecule has 2 aromatic rings. The third-order valence-electron chi connectivity index (χ3n) is 3.51. The van der Waals surface area contributed by atoms with E-state index in [1.165, 1.54) is 4.31 Å².